The molecule has 0 aliphatic rings. The number of hydrogen-bond acceptors (Lipinski definition) is 3. The summed E-state index contributed by atoms with van der Waals surface area (Å²) in [6, 6.07) is 4.86. The van der Waals surface area contributed by atoms with Crippen molar-refractivity contribution in [2.75, 3.05) is 7.11 Å². The molecule has 0 amide bonds. The summed E-state index contributed by atoms with van der Waals surface area (Å²) in [4.78, 5) is 0.175. The number of sulfonamides is 1. The lowest BCUT2D eigenvalue weighted by Gasteiger charge is -2.13. The van der Waals surface area contributed by atoms with Crippen molar-refractivity contribution in [2.45, 2.75) is 31.7 Å². The van der Waals surface area contributed by atoms with Crippen LogP contribution in [0.3, 0.4) is 0 Å². The van der Waals surface area contributed by atoms with Crippen molar-refractivity contribution in [1.29, 1.82) is 0 Å². The van der Waals surface area contributed by atoms with Crippen LogP contribution < -0.4 is 9.46 Å². The molecule has 0 aromatic heterocycles. The van der Waals surface area contributed by atoms with Gasteiger partial charge in [0.25, 0.3) is 0 Å². The van der Waals surface area contributed by atoms with Gasteiger partial charge in [0, 0.05) is 6.04 Å². The number of aryl methyl sites for hydroxylation is 1. The number of benzene rings is 1. The Balaban J connectivity index is 3.22. The summed E-state index contributed by atoms with van der Waals surface area (Å²) in [6.45, 7) is 5.44. The summed E-state index contributed by atoms with van der Waals surface area (Å²) in [7, 11) is -2.03. The fraction of sp³-hybridized carbons (Fsp3) is 0.455. The molecule has 16 heavy (non-hydrogen) atoms. The highest BCUT2D eigenvalue weighted by Crippen LogP contribution is 2.24. The zero-order chi connectivity index (χ0) is 12.3. The van der Waals surface area contributed by atoms with E-state index >= 15 is 0 Å². The van der Waals surface area contributed by atoms with Crippen LogP contribution in [0.15, 0.2) is 23.1 Å². The molecule has 0 unspecified atom stereocenters. The molecule has 5 heteroatoms. The Bertz CT molecular complexity index is 466. The van der Waals surface area contributed by atoms with Gasteiger partial charge in [0.15, 0.2) is 0 Å². The summed E-state index contributed by atoms with van der Waals surface area (Å²) in [5.41, 5.74) is 0.959. The van der Waals surface area contributed by atoms with Crippen LogP contribution in [-0.4, -0.2) is 21.6 Å². The van der Waals surface area contributed by atoms with Gasteiger partial charge in [-0.25, -0.2) is 13.1 Å². The smallest absolute Gasteiger partial charge is 0.244 e. The Morgan fingerprint density at radius 3 is 2.44 bits per heavy atom. The molecule has 90 valence electrons. The normalized spacial score (nSPS) is 11.8. The molecule has 0 saturated heterocycles. The fourth-order valence-corrected chi connectivity index (χ4v) is 2.77. The second-order valence-corrected chi connectivity index (χ2v) is 5.61. The highest BCUT2D eigenvalue weighted by atomic mass is 32.2. The van der Waals surface area contributed by atoms with Gasteiger partial charge in [-0.1, -0.05) is 6.07 Å². The van der Waals surface area contributed by atoms with Crippen LogP contribution >= 0.6 is 0 Å². The van der Waals surface area contributed by atoms with Gasteiger partial charge in [0.05, 0.1) is 7.11 Å². The third-order valence-electron chi connectivity index (χ3n) is 2.00. The highest BCUT2D eigenvalue weighted by Gasteiger charge is 2.19. The predicted molar refractivity (Wildman–Crippen MR) is 63.2 cm³/mol. The summed E-state index contributed by atoms with van der Waals surface area (Å²) in [6.07, 6.45) is 0. The van der Waals surface area contributed by atoms with E-state index in [1.165, 1.54) is 7.11 Å². The van der Waals surface area contributed by atoms with Crippen molar-refractivity contribution in [3.8, 4) is 5.75 Å². The summed E-state index contributed by atoms with van der Waals surface area (Å²) < 4.78 is 31.5. The molecule has 0 bridgehead atoms. The first-order chi connectivity index (χ1) is 7.36. The van der Waals surface area contributed by atoms with Crippen LogP contribution in [0.2, 0.25) is 0 Å². The van der Waals surface area contributed by atoms with E-state index in [1.807, 2.05) is 6.92 Å². The Hall–Kier alpha value is -1.07. The SMILES string of the molecule is COc1cc(C)ccc1S(=O)(=O)NC(C)C. The van der Waals surface area contributed by atoms with Crippen LogP contribution in [-0.2, 0) is 10.0 Å². The molecule has 0 saturated carbocycles. The Labute approximate surface area is 96.7 Å². The number of methoxy groups -OCH3 is 1. The lowest BCUT2D eigenvalue weighted by molar-refractivity contribution is 0.402. The second kappa shape index (κ2) is 4.84. The maximum absolute atomic E-state index is 11.9. The molecule has 0 radical (unpaired) electrons. The van der Waals surface area contributed by atoms with E-state index in [2.05, 4.69) is 4.72 Å². The van der Waals surface area contributed by atoms with Crippen molar-refractivity contribution in [2.24, 2.45) is 0 Å². The number of ether oxygens (including phenoxy) is 1. The van der Waals surface area contributed by atoms with Crippen LogP contribution in [0.1, 0.15) is 19.4 Å². The van der Waals surface area contributed by atoms with Gasteiger partial charge >= 0.3 is 0 Å². The largest absolute Gasteiger partial charge is 0.495 e. The Morgan fingerprint density at radius 2 is 1.94 bits per heavy atom. The first-order valence-electron chi connectivity index (χ1n) is 5.04. The summed E-state index contributed by atoms with van der Waals surface area (Å²) in [5, 5.41) is 0. The zero-order valence-electron chi connectivity index (χ0n) is 9.94. The molecular formula is C11H17NO3S. The first-order valence-corrected chi connectivity index (χ1v) is 6.52. The van der Waals surface area contributed by atoms with Gasteiger partial charge < -0.3 is 4.74 Å². The molecule has 0 fully saturated rings. The van der Waals surface area contributed by atoms with Gasteiger partial charge in [-0.3, -0.25) is 0 Å². The van der Waals surface area contributed by atoms with Crippen LogP contribution in [0, 0.1) is 6.92 Å². The molecule has 1 aromatic rings. The quantitative estimate of drug-likeness (QED) is 0.875. The minimum atomic E-state index is -3.49. The lowest BCUT2D eigenvalue weighted by atomic mass is 10.2. The lowest BCUT2D eigenvalue weighted by Crippen LogP contribution is -2.30. The number of nitrogens with one attached hydrogen (secondary N) is 1. The van der Waals surface area contributed by atoms with Gasteiger partial charge in [-0.05, 0) is 38.5 Å². The molecule has 0 heterocycles. The molecule has 0 aliphatic heterocycles. The fourth-order valence-electron chi connectivity index (χ4n) is 1.37. The molecular weight excluding hydrogens is 226 g/mol. The molecule has 0 aliphatic carbocycles. The molecule has 1 N–H and O–H groups in total. The van der Waals surface area contributed by atoms with E-state index in [4.69, 9.17) is 4.74 Å². The highest BCUT2D eigenvalue weighted by molar-refractivity contribution is 7.89. The first kappa shape index (κ1) is 13.0. The average Bonchev–Trinajstić information content (AvgIpc) is 2.15. The van der Waals surface area contributed by atoms with Crippen LogP contribution in [0.4, 0.5) is 0 Å². The molecule has 1 rings (SSSR count). The van der Waals surface area contributed by atoms with Crippen molar-refractivity contribution in [3.05, 3.63) is 23.8 Å². The predicted octanol–water partition coefficient (Wildman–Crippen LogP) is 1.69. The van der Waals surface area contributed by atoms with E-state index in [0.717, 1.165) is 5.56 Å². The second-order valence-electron chi connectivity index (χ2n) is 3.93. The van der Waals surface area contributed by atoms with Crippen molar-refractivity contribution in [3.63, 3.8) is 0 Å². The molecule has 0 atom stereocenters. The minimum Gasteiger partial charge on any atom is -0.495 e. The molecule has 0 spiro atoms. The zero-order valence-corrected chi connectivity index (χ0v) is 10.8. The van der Waals surface area contributed by atoms with Gasteiger partial charge in [0.2, 0.25) is 10.0 Å². The van der Waals surface area contributed by atoms with Crippen molar-refractivity contribution < 1.29 is 13.2 Å². The maximum Gasteiger partial charge on any atom is 0.244 e. The minimum absolute atomic E-state index is 0.143. The third-order valence-corrected chi connectivity index (χ3v) is 3.70. The Kier molecular flexibility index (Phi) is 3.93. The van der Waals surface area contributed by atoms with Gasteiger partial charge in [-0.2, -0.15) is 0 Å². The van der Waals surface area contributed by atoms with E-state index in [-0.39, 0.29) is 10.9 Å². The maximum atomic E-state index is 11.9. The number of hydrogen-bond donors (Lipinski definition) is 1. The van der Waals surface area contributed by atoms with Crippen LogP contribution in [0.25, 0.3) is 0 Å². The summed E-state index contributed by atoms with van der Waals surface area (Å²) in [5.74, 6) is 0.369. The Morgan fingerprint density at radius 1 is 1.31 bits per heavy atom. The van der Waals surface area contributed by atoms with Gasteiger partial charge in [0.1, 0.15) is 10.6 Å². The topological polar surface area (TPSA) is 55.4 Å². The van der Waals surface area contributed by atoms with Crippen molar-refractivity contribution in [1.82, 2.24) is 4.72 Å². The van der Waals surface area contributed by atoms with Crippen molar-refractivity contribution >= 4 is 10.0 Å². The van der Waals surface area contributed by atoms with Crippen LogP contribution in [0.5, 0.6) is 5.75 Å². The van der Waals surface area contributed by atoms with E-state index < -0.39 is 10.0 Å². The standard InChI is InChI=1S/C11H17NO3S/c1-8(2)12-16(13,14)11-6-5-9(3)7-10(11)15-4/h5-8,12H,1-4H3. The monoisotopic (exact) mass is 243 g/mol. The average molecular weight is 243 g/mol. The third kappa shape index (κ3) is 2.96. The molecule has 4 nitrogen and oxygen atoms in total. The summed E-state index contributed by atoms with van der Waals surface area (Å²) >= 11 is 0. The van der Waals surface area contributed by atoms with E-state index in [9.17, 15) is 8.42 Å². The van der Waals surface area contributed by atoms with Gasteiger partial charge in [-0.15, -0.1) is 0 Å². The van der Waals surface area contributed by atoms with E-state index in [0.29, 0.717) is 5.75 Å². The van der Waals surface area contributed by atoms with E-state index in [1.54, 1.807) is 32.0 Å². The number of rotatable bonds is 4. The molecule has 1 aromatic carbocycles.